The number of amides is 2. The third-order valence-electron chi connectivity index (χ3n) is 3.18. The predicted molar refractivity (Wildman–Crippen MR) is 90.1 cm³/mol. The molecular formula is C16H17N3O4S. The lowest BCUT2D eigenvalue weighted by Gasteiger charge is -2.13. The van der Waals surface area contributed by atoms with Gasteiger partial charge in [-0.05, 0) is 45.0 Å². The fourth-order valence-corrected chi connectivity index (χ4v) is 2.75. The number of hydrogen-bond acceptors (Lipinski definition) is 6. The van der Waals surface area contributed by atoms with Gasteiger partial charge in [0, 0.05) is 11.3 Å². The Morgan fingerprint density at radius 3 is 2.33 bits per heavy atom. The highest BCUT2D eigenvalue weighted by Gasteiger charge is 2.22. The van der Waals surface area contributed by atoms with Gasteiger partial charge in [0.05, 0.1) is 10.7 Å². The van der Waals surface area contributed by atoms with Crippen molar-refractivity contribution in [3.63, 3.8) is 0 Å². The van der Waals surface area contributed by atoms with Gasteiger partial charge >= 0.3 is 5.97 Å². The molecule has 1 atom stereocenters. The number of ether oxygens (including phenoxy) is 1. The third kappa shape index (κ3) is 4.17. The Balaban J connectivity index is 1.98. The normalized spacial score (nSPS) is 11.6. The molecule has 1 aromatic carbocycles. The van der Waals surface area contributed by atoms with Crippen LogP contribution in [0.1, 0.15) is 37.7 Å². The number of nitrogens with zero attached hydrogens (tertiary/aromatic N) is 1. The van der Waals surface area contributed by atoms with Crippen LogP contribution < -0.4 is 11.1 Å². The smallest absolute Gasteiger partial charge is 0.351 e. The maximum absolute atomic E-state index is 12.1. The predicted octanol–water partition coefficient (Wildman–Crippen LogP) is 2.04. The number of primary amides is 1. The number of benzene rings is 1. The van der Waals surface area contributed by atoms with Gasteiger partial charge in [-0.3, -0.25) is 9.59 Å². The average Bonchev–Trinajstić information content (AvgIpc) is 2.86. The van der Waals surface area contributed by atoms with Gasteiger partial charge < -0.3 is 15.8 Å². The zero-order valence-electron chi connectivity index (χ0n) is 13.5. The monoisotopic (exact) mass is 347 g/mol. The maximum Gasteiger partial charge on any atom is 0.351 e. The van der Waals surface area contributed by atoms with E-state index < -0.39 is 23.9 Å². The summed E-state index contributed by atoms with van der Waals surface area (Å²) >= 11 is 1.22. The van der Waals surface area contributed by atoms with Crippen LogP contribution in [0.2, 0.25) is 0 Å². The Hall–Kier alpha value is -2.74. The fraction of sp³-hybridized carbons (Fsp3) is 0.250. The molecule has 3 N–H and O–H groups in total. The van der Waals surface area contributed by atoms with E-state index in [0.717, 1.165) is 5.01 Å². The first-order valence-corrected chi connectivity index (χ1v) is 7.95. The molecule has 0 radical (unpaired) electrons. The molecule has 2 rings (SSSR count). The highest BCUT2D eigenvalue weighted by molar-refractivity contribution is 7.13. The summed E-state index contributed by atoms with van der Waals surface area (Å²) in [5.74, 6) is -1.61. The summed E-state index contributed by atoms with van der Waals surface area (Å²) in [4.78, 5) is 39.7. The van der Waals surface area contributed by atoms with Crippen molar-refractivity contribution in [3.8, 4) is 0 Å². The first kappa shape index (κ1) is 17.6. The summed E-state index contributed by atoms with van der Waals surface area (Å²) in [6, 6.07) is 6.09. The SMILES string of the molecule is Cc1nc(C)c(C(=O)OC(C)C(=O)Nc2ccc(C(N)=O)cc2)s1. The van der Waals surface area contributed by atoms with Crippen LogP contribution in [0.3, 0.4) is 0 Å². The second-order valence-electron chi connectivity index (χ2n) is 5.13. The number of nitrogens with one attached hydrogen (secondary N) is 1. The molecule has 1 aromatic heterocycles. The second kappa shape index (κ2) is 7.22. The lowest BCUT2D eigenvalue weighted by Crippen LogP contribution is -2.30. The molecule has 0 fully saturated rings. The third-order valence-corrected chi connectivity index (χ3v) is 4.23. The summed E-state index contributed by atoms with van der Waals surface area (Å²) in [6.45, 7) is 4.99. The molecule has 0 spiro atoms. The quantitative estimate of drug-likeness (QED) is 0.804. The van der Waals surface area contributed by atoms with E-state index in [2.05, 4.69) is 10.3 Å². The lowest BCUT2D eigenvalue weighted by atomic mass is 10.2. The molecule has 24 heavy (non-hydrogen) atoms. The van der Waals surface area contributed by atoms with Crippen molar-refractivity contribution >= 4 is 34.8 Å². The van der Waals surface area contributed by atoms with E-state index in [9.17, 15) is 14.4 Å². The molecule has 0 saturated heterocycles. The van der Waals surface area contributed by atoms with E-state index in [1.165, 1.54) is 30.4 Å². The second-order valence-corrected chi connectivity index (χ2v) is 6.33. The van der Waals surface area contributed by atoms with Crippen LogP contribution in [0.4, 0.5) is 5.69 Å². The topological polar surface area (TPSA) is 111 Å². The van der Waals surface area contributed by atoms with Crippen LogP contribution in [0, 0.1) is 13.8 Å². The van der Waals surface area contributed by atoms with Crippen LogP contribution in [0.15, 0.2) is 24.3 Å². The van der Waals surface area contributed by atoms with Crippen LogP contribution in [-0.2, 0) is 9.53 Å². The molecule has 2 amide bonds. The number of hydrogen-bond donors (Lipinski definition) is 2. The Kier molecular flexibility index (Phi) is 5.30. The molecular weight excluding hydrogens is 330 g/mol. The molecule has 0 bridgehead atoms. The number of carbonyl (C=O) groups is 3. The van der Waals surface area contributed by atoms with Crippen molar-refractivity contribution in [1.82, 2.24) is 4.98 Å². The lowest BCUT2D eigenvalue weighted by molar-refractivity contribution is -0.123. The summed E-state index contributed by atoms with van der Waals surface area (Å²) in [6.07, 6.45) is -0.977. The number of rotatable bonds is 5. The first-order chi connectivity index (χ1) is 11.3. The van der Waals surface area contributed by atoms with Crippen LogP contribution in [0.25, 0.3) is 0 Å². The number of anilines is 1. The van der Waals surface area contributed by atoms with Gasteiger partial charge in [-0.15, -0.1) is 11.3 Å². The number of aromatic nitrogens is 1. The van der Waals surface area contributed by atoms with Gasteiger partial charge in [0.15, 0.2) is 6.10 Å². The van der Waals surface area contributed by atoms with E-state index in [-0.39, 0.29) is 0 Å². The van der Waals surface area contributed by atoms with E-state index in [0.29, 0.717) is 21.8 Å². The molecule has 0 aliphatic rings. The van der Waals surface area contributed by atoms with Gasteiger partial charge in [-0.2, -0.15) is 0 Å². The Morgan fingerprint density at radius 1 is 1.21 bits per heavy atom. The van der Waals surface area contributed by atoms with Gasteiger partial charge in [-0.25, -0.2) is 9.78 Å². The molecule has 7 nitrogen and oxygen atoms in total. The first-order valence-electron chi connectivity index (χ1n) is 7.13. The van der Waals surface area contributed by atoms with E-state index in [4.69, 9.17) is 10.5 Å². The zero-order valence-corrected chi connectivity index (χ0v) is 14.3. The molecule has 126 valence electrons. The van der Waals surface area contributed by atoms with Gasteiger partial charge in [0.1, 0.15) is 4.88 Å². The van der Waals surface area contributed by atoms with Crippen LogP contribution in [-0.4, -0.2) is 28.9 Å². The molecule has 1 unspecified atom stereocenters. The van der Waals surface area contributed by atoms with Gasteiger partial charge in [-0.1, -0.05) is 0 Å². The summed E-state index contributed by atoms with van der Waals surface area (Å²) in [5, 5.41) is 3.36. The van der Waals surface area contributed by atoms with Crippen molar-refractivity contribution in [3.05, 3.63) is 45.4 Å². The molecule has 8 heteroatoms. The zero-order chi connectivity index (χ0) is 17.9. The number of esters is 1. The van der Waals surface area contributed by atoms with Gasteiger partial charge in [0.2, 0.25) is 5.91 Å². The minimum atomic E-state index is -0.977. The van der Waals surface area contributed by atoms with E-state index in [1.54, 1.807) is 26.0 Å². The largest absolute Gasteiger partial charge is 0.448 e. The minimum absolute atomic E-state index is 0.337. The number of aryl methyl sites for hydroxylation is 2. The van der Waals surface area contributed by atoms with E-state index in [1.807, 2.05) is 0 Å². The summed E-state index contributed by atoms with van der Waals surface area (Å²) in [7, 11) is 0. The van der Waals surface area contributed by atoms with Crippen molar-refractivity contribution < 1.29 is 19.1 Å². The highest BCUT2D eigenvalue weighted by atomic mass is 32.1. The van der Waals surface area contributed by atoms with Crippen LogP contribution in [0.5, 0.6) is 0 Å². The standard InChI is InChI=1S/C16H17N3O4S/c1-8-13(24-10(3)18-8)16(22)23-9(2)15(21)19-12-6-4-11(5-7-12)14(17)20/h4-7,9H,1-3H3,(H2,17,20)(H,19,21). The Labute approximate surface area is 142 Å². The number of nitrogens with two attached hydrogens (primary N) is 1. The van der Waals surface area contributed by atoms with Gasteiger partial charge in [0.25, 0.3) is 5.91 Å². The van der Waals surface area contributed by atoms with Crippen molar-refractivity contribution in [2.75, 3.05) is 5.32 Å². The van der Waals surface area contributed by atoms with E-state index >= 15 is 0 Å². The summed E-state index contributed by atoms with van der Waals surface area (Å²) < 4.78 is 5.17. The summed E-state index contributed by atoms with van der Waals surface area (Å²) in [5.41, 5.74) is 6.54. The van der Waals surface area contributed by atoms with Crippen molar-refractivity contribution in [2.24, 2.45) is 5.73 Å². The van der Waals surface area contributed by atoms with Crippen molar-refractivity contribution in [2.45, 2.75) is 26.9 Å². The van der Waals surface area contributed by atoms with Crippen LogP contribution >= 0.6 is 11.3 Å². The molecule has 0 aliphatic carbocycles. The van der Waals surface area contributed by atoms with Crippen molar-refractivity contribution in [1.29, 1.82) is 0 Å². The minimum Gasteiger partial charge on any atom is -0.448 e. The molecule has 0 saturated carbocycles. The maximum atomic E-state index is 12.1. The molecule has 0 aliphatic heterocycles. The average molecular weight is 347 g/mol. The number of thiazole rings is 1. The highest BCUT2D eigenvalue weighted by Crippen LogP contribution is 2.19. The fourth-order valence-electron chi connectivity index (χ4n) is 1.95. The molecule has 1 heterocycles. The Bertz CT molecular complexity index is 783. The molecule has 2 aromatic rings. The number of carbonyl (C=O) groups excluding carboxylic acids is 3. The Morgan fingerprint density at radius 2 is 1.83 bits per heavy atom.